The third kappa shape index (κ3) is 3.57. The Hall–Kier alpha value is -4.50. The Balaban J connectivity index is 1.44. The van der Waals surface area contributed by atoms with E-state index in [0.717, 1.165) is 57.5 Å². The van der Waals surface area contributed by atoms with Gasteiger partial charge in [0.25, 0.3) is 0 Å². The average molecular weight is 448 g/mol. The summed E-state index contributed by atoms with van der Waals surface area (Å²) in [6.07, 6.45) is 10.8. The molecular weight excluding hydrogens is 426 g/mol. The van der Waals surface area contributed by atoms with E-state index in [-0.39, 0.29) is 0 Å². The van der Waals surface area contributed by atoms with Crippen LogP contribution in [0.25, 0.3) is 56.0 Å². The van der Waals surface area contributed by atoms with Crippen LogP contribution in [0.15, 0.2) is 67.5 Å². The minimum Gasteiger partial charge on any atom is -0.336 e. The molecule has 0 unspecified atom stereocenters. The Kier molecular flexibility index (Phi) is 5.00. The van der Waals surface area contributed by atoms with Crippen molar-refractivity contribution in [1.82, 2.24) is 45.4 Å². The highest BCUT2D eigenvalue weighted by molar-refractivity contribution is 5.96. The molecule has 0 amide bonds. The molecule has 0 spiro atoms. The fraction of sp³-hybridized carbons (Fsp3) is 0.120. The molecule has 34 heavy (non-hydrogen) atoms. The minimum absolute atomic E-state index is 0.655. The van der Waals surface area contributed by atoms with Crippen molar-refractivity contribution >= 4 is 22.1 Å². The lowest BCUT2D eigenvalue weighted by molar-refractivity contribution is 0.724. The summed E-state index contributed by atoms with van der Waals surface area (Å²) in [5, 5.41) is 11.8. The SMILES string of the molecule is CCNCc1cncc(-c2cnc3[nH]nc(-c4nc5c(-c6ccncc6)nccc5[nH]4)c3c2)c1. The summed E-state index contributed by atoms with van der Waals surface area (Å²) < 4.78 is 0. The first-order chi connectivity index (χ1) is 16.8. The van der Waals surface area contributed by atoms with Gasteiger partial charge in [-0.1, -0.05) is 6.92 Å². The van der Waals surface area contributed by atoms with E-state index in [9.17, 15) is 0 Å². The van der Waals surface area contributed by atoms with Gasteiger partial charge in [0, 0.05) is 60.4 Å². The van der Waals surface area contributed by atoms with Crippen LogP contribution in [0.1, 0.15) is 12.5 Å². The van der Waals surface area contributed by atoms with Gasteiger partial charge < -0.3 is 10.3 Å². The Morgan fingerprint density at radius 2 is 1.74 bits per heavy atom. The van der Waals surface area contributed by atoms with Gasteiger partial charge in [-0.2, -0.15) is 5.10 Å². The van der Waals surface area contributed by atoms with Crippen LogP contribution < -0.4 is 5.32 Å². The number of aromatic nitrogens is 8. The van der Waals surface area contributed by atoms with Crippen molar-refractivity contribution in [2.75, 3.05) is 6.54 Å². The van der Waals surface area contributed by atoms with E-state index in [1.165, 1.54) is 0 Å². The largest absolute Gasteiger partial charge is 0.336 e. The zero-order valence-corrected chi connectivity index (χ0v) is 18.4. The first-order valence-corrected chi connectivity index (χ1v) is 11.0. The maximum atomic E-state index is 4.86. The summed E-state index contributed by atoms with van der Waals surface area (Å²) in [5.41, 5.74) is 7.93. The molecule has 0 saturated carbocycles. The third-order valence-electron chi connectivity index (χ3n) is 5.70. The predicted molar refractivity (Wildman–Crippen MR) is 131 cm³/mol. The standard InChI is InChI=1S/C25H21N9/c1-2-26-11-15-9-17(13-28-12-15)18-10-19-22(33-34-24(19)30-14-18)25-31-20-5-8-29-21(23(20)32-25)16-3-6-27-7-4-16/h3-10,12-14,26H,2,11H2,1H3,(H,31,32)(H,30,33,34). The summed E-state index contributed by atoms with van der Waals surface area (Å²) in [5.74, 6) is 0.655. The number of nitrogens with one attached hydrogen (secondary N) is 3. The second-order valence-corrected chi connectivity index (χ2v) is 7.93. The zero-order chi connectivity index (χ0) is 22.9. The van der Waals surface area contributed by atoms with Crippen molar-refractivity contribution in [2.24, 2.45) is 0 Å². The Bertz CT molecular complexity index is 1600. The molecular formula is C25H21N9. The molecule has 0 fully saturated rings. The van der Waals surface area contributed by atoms with Gasteiger partial charge in [-0.3, -0.25) is 20.1 Å². The fourth-order valence-corrected chi connectivity index (χ4v) is 4.02. The van der Waals surface area contributed by atoms with E-state index in [1.54, 1.807) is 18.6 Å². The van der Waals surface area contributed by atoms with Crippen LogP contribution in [0.5, 0.6) is 0 Å². The molecule has 9 heteroatoms. The van der Waals surface area contributed by atoms with Gasteiger partial charge in [0.05, 0.1) is 16.6 Å². The highest BCUT2D eigenvalue weighted by Gasteiger charge is 2.17. The van der Waals surface area contributed by atoms with Gasteiger partial charge in [0.15, 0.2) is 11.5 Å². The lowest BCUT2D eigenvalue weighted by atomic mass is 10.1. The highest BCUT2D eigenvalue weighted by Crippen LogP contribution is 2.31. The number of rotatable bonds is 6. The van der Waals surface area contributed by atoms with Crippen LogP contribution in [0.2, 0.25) is 0 Å². The number of H-pyrrole nitrogens is 2. The number of imidazole rings is 1. The van der Waals surface area contributed by atoms with Gasteiger partial charge in [-0.15, -0.1) is 0 Å². The van der Waals surface area contributed by atoms with Crippen LogP contribution in [-0.4, -0.2) is 46.6 Å². The molecule has 0 aliphatic heterocycles. The van der Waals surface area contributed by atoms with Crippen molar-refractivity contribution in [3.63, 3.8) is 0 Å². The van der Waals surface area contributed by atoms with Crippen molar-refractivity contribution < 1.29 is 0 Å². The highest BCUT2D eigenvalue weighted by atomic mass is 15.2. The van der Waals surface area contributed by atoms with E-state index in [0.29, 0.717) is 17.2 Å². The van der Waals surface area contributed by atoms with Crippen LogP contribution >= 0.6 is 0 Å². The molecule has 0 atom stereocenters. The van der Waals surface area contributed by atoms with Crippen molar-refractivity contribution in [3.05, 3.63) is 73.1 Å². The van der Waals surface area contributed by atoms with Crippen molar-refractivity contribution in [2.45, 2.75) is 13.5 Å². The first-order valence-electron chi connectivity index (χ1n) is 11.0. The van der Waals surface area contributed by atoms with Gasteiger partial charge in [-0.25, -0.2) is 9.97 Å². The van der Waals surface area contributed by atoms with Crippen LogP contribution in [0, 0.1) is 0 Å². The summed E-state index contributed by atoms with van der Waals surface area (Å²) in [4.78, 5) is 25.9. The Morgan fingerprint density at radius 1 is 0.853 bits per heavy atom. The van der Waals surface area contributed by atoms with E-state index in [1.807, 2.05) is 36.8 Å². The van der Waals surface area contributed by atoms with Crippen molar-refractivity contribution in [1.29, 1.82) is 0 Å². The monoisotopic (exact) mass is 447 g/mol. The smallest absolute Gasteiger partial charge is 0.159 e. The molecule has 6 heterocycles. The number of aromatic amines is 2. The molecule has 0 aliphatic carbocycles. The first kappa shape index (κ1) is 20.1. The Labute approximate surface area is 194 Å². The topological polar surface area (TPSA) is 121 Å². The molecule has 0 aromatic carbocycles. The molecule has 166 valence electrons. The normalized spacial score (nSPS) is 11.4. The number of hydrogen-bond acceptors (Lipinski definition) is 7. The van der Waals surface area contributed by atoms with Crippen LogP contribution in [-0.2, 0) is 6.54 Å². The van der Waals surface area contributed by atoms with Crippen LogP contribution in [0.4, 0.5) is 0 Å². The van der Waals surface area contributed by atoms with E-state index < -0.39 is 0 Å². The molecule has 6 aromatic heterocycles. The minimum atomic E-state index is 0.655. The molecule has 3 N–H and O–H groups in total. The molecule has 0 radical (unpaired) electrons. The second kappa shape index (κ2) is 8.45. The molecule has 6 rings (SSSR count). The summed E-state index contributed by atoms with van der Waals surface area (Å²) in [7, 11) is 0. The lowest BCUT2D eigenvalue weighted by Gasteiger charge is -2.05. The summed E-state index contributed by atoms with van der Waals surface area (Å²) in [6, 6.07) is 9.97. The zero-order valence-electron chi connectivity index (χ0n) is 18.4. The molecule has 9 nitrogen and oxygen atoms in total. The second-order valence-electron chi connectivity index (χ2n) is 7.93. The van der Waals surface area contributed by atoms with Gasteiger partial charge in [-0.05, 0) is 42.4 Å². The lowest BCUT2D eigenvalue weighted by Crippen LogP contribution is -2.11. The number of fused-ring (bicyclic) bond motifs is 2. The summed E-state index contributed by atoms with van der Waals surface area (Å²) in [6.45, 7) is 3.77. The van der Waals surface area contributed by atoms with Crippen LogP contribution in [0.3, 0.4) is 0 Å². The number of hydrogen-bond donors (Lipinski definition) is 3. The van der Waals surface area contributed by atoms with E-state index in [4.69, 9.17) is 4.98 Å². The maximum Gasteiger partial charge on any atom is 0.159 e. The Morgan fingerprint density at radius 3 is 2.62 bits per heavy atom. The third-order valence-corrected chi connectivity index (χ3v) is 5.70. The quantitative estimate of drug-likeness (QED) is 0.351. The number of pyridine rings is 4. The van der Waals surface area contributed by atoms with Gasteiger partial charge in [0.2, 0.25) is 0 Å². The van der Waals surface area contributed by atoms with E-state index in [2.05, 4.69) is 59.5 Å². The molecule has 6 aromatic rings. The number of nitrogens with zero attached hydrogens (tertiary/aromatic N) is 6. The average Bonchev–Trinajstić information content (AvgIpc) is 3.51. The molecule has 0 bridgehead atoms. The molecule has 0 aliphatic rings. The van der Waals surface area contributed by atoms with Gasteiger partial charge in [0.1, 0.15) is 11.2 Å². The van der Waals surface area contributed by atoms with E-state index >= 15 is 0 Å². The summed E-state index contributed by atoms with van der Waals surface area (Å²) >= 11 is 0. The maximum absolute atomic E-state index is 4.86. The molecule has 0 saturated heterocycles. The predicted octanol–water partition coefficient (Wildman–Crippen LogP) is 4.13. The fourth-order valence-electron chi connectivity index (χ4n) is 4.02. The van der Waals surface area contributed by atoms with Crippen molar-refractivity contribution in [3.8, 4) is 33.9 Å². The van der Waals surface area contributed by atoms with Gasteiger partial charge >= 0.3 is 0 Å².